The average molecular weight is 300 g/mol. The van der Waals surface area contributed by atoms with Gasteiger partial charge < -0.3 is 20.1 Å². The number of rotatable bonds is 9. The summed E-state index contributed by atoms with van der Waals surface area (Å²) < 4.78 is 12.2. The van der Waals surface area contributed by atoms with E-state index in [1.807, 2.05) is 0 Å². The summed E-state index contributed by atoms with van der Waals surface area (Å²) in [5.74, 6) is 0. The molecular weight excluding hydrogens is 264 g/mol. The van der Waals surface area contributed by atoms with Crippen molar-refractivity contribution in [2.75, 3.05) is 13.2 Å². The monoisotopic (exact) mass is 300 g/mol. The zero-order valence-electron chi connectivity index (χ0n) is 14.8. The molecule has 1 saturated carbocycles. The van der Waals surface area contributed by atoms with Crippen molar-refractivity contribution in [2.45, 2.75) is 97.2 Å². The van der Waals surface area contributed by atoms with Gasteiger partial charge in [-0.3, -0.25) is 0 Å². The molecule has 4 heteroatoms. The Hall–Kier alpha value is -0.160. The van der Waals surface area contributed by atoms with Crippen molar-refractivity contribution in [1.82, 2.24) is 10.6 Å². The van der Waals surface area contributed by atoms with Crippen molar-refractivity contribution < 1.29 is 9.47 Å². The van der Waals surface area contributed by atoms with Gasteiger partial charge in [0.2, 0.25) is 0 Å². The molecule has 2 N–H and O–H groups in total. The van der Waals surface area contributed by atoms with Crippen molar-refractivity contribution in [3.63, 3.8) is 0 Å². The van der Waals surface area contributed by atoms with E-state index in [1.165, 1.54) is 0 Å². The van der Waals surface area contributed by atoms with Crippen LogP contribution in [0.25, 0.3) is 0 Å². The highest BCUT2D eigenvalue weighted by molar-refractivity contribution is 4.95. The minimum absolute atomic E-state index is 0.264. The number of hydrogen-bond acceptors (Lipinski definition) is 4. The zero-order valence-corrected chi connectivity index (χ0v) is 14.8. The molecule has 21 heavy (non-hydrogen) atoms. The highest BCUT2D eigenvalue weighted by Crippen LogP contribution is 2.26. The van der Waals surface area contributed by atoms with Crippen LogP contribution in [0.5, 0.6) is 0 Å². The van der Waals surface area contributed by atoms with E-state index in [0.717, 1.165) is 32.4 Å². The summed E-state index contributed by atoms with van der Waals surface area (Å²) in [5, 5.41) is 7.32. The Balaban J connectivity index is 2.75. The first-order valence-corrected chi connectivity index (χ1v) is 8.78. The molecule has 0 bridgehead atoms. The molecule has 1 fully saturated rings. The van der Waals surface area contributed by atoms with Gasteiger partial charge in [0.15, 0.2) is 0 Å². The maximum Gasteiger partial charge on any atom is 0.0748 e. The first-order chi connectivity index (χ1) is 10.0. The first kappa shape index (κ1) is 18.9. The van der Waals surface area contributed by atoms with Crippen molar-refractivity contribution >= 4 is 0 Å². The minimum atomic E-state index is 0.264. The molecule has 0 radical (unpaired) electrons. The summed E-state index contributed by atoms with van der Waals surface area (Å²) in [7, 11) is 0. The Kier molecular flexibility index (Phi) is 8.79. The molecule has 0 aromatic carbocycles. The fraction of sp³-hybridized carbons (Fsp3) is 1.00. The smallest absolute Gasteiger partial charge is 0.0748 e. The molecule has 0 aliphatic heterocycles. The largest absolute Gasteiger partial charge is 0.377 e. The van der Waals surface area contributed by atoms with Gasteiger partial charge in [0.05, 0.1) is 18.3 Å². The lowest BCUT2D eigenvalue weighted by atomic mass is 9.85. The van der Waals surface area contributed by atoms with E-state index in [0.29, 0.717) is 18.1 Å². The summed E-state index contributed by atoms with van der Waals surface area (Å²) in [5.41, 5.74) is 0. The predicted molar refractivity (Wildman–Crippen MR) is 88.8 cm³/mol. The van der Waals surface area contributed by atoms with Crippen LogP contribution in [0.15, 0.2) is 0 Å². The number of ether oxygens (including phenoxy) is 2. The van der Waals surface area contributed by atoms with E-state index in [1.54, 1.807) is 0 Å². The molecule has 0 amide bonds. The topological polar surface area (TPSA) is 42.5 Å². The maximum absolute atomic E-state index is 6.19. The summed E-state index contributed by atoms with van der Waals surface area (Å²) >= 11 is 0. The molecule has 0 aromatic rings. The second-order valence-electron chi connectivity index (χ2n) is 6.44. The van der Waals surface area contributed by atoms with Crippen LogP contribution in [0.4, 0.5) is 0 Å². The molecule has 1 rings (SSSR count). The Morgan fingerprint density at radius 2 is 1.67 bits per heavy atom. The van der Waals surface area contributed by atoms with E-state index in [9.17, 15) is 0 Å². The minimum Gasteiger partial charge on any atom is -0.377 e. The molecule has 4 nitrogen and oxygen atoms in total. The van der Waals surface area contributed by atoms with Crippen LogP contribution in [0.2, 0.25) is 0 Å². The van der Waals surface area contributed by atoms with E-state index in [4.69, 9.17) is 9.47 Å². The predicted octanol–water partition coefficient (Wildman–Crippen LogP) is 2.71. The van der Waals surface area contributed by atoms with Crippen molar-refractivity contribution in [3.05, 3.63) is 0 Å². The lowest BCUT2D eigenvalue weighted by molar-refractivity contribution is -0.0829. The van der Waals surface area contributed by atoms with E-state index in [-0.39, 0.29) is 18.3 Å². The summed E-state index contributed by atoms with van der Waals surface area (Å²) in [6.07, 6.45) is 3.99. The van der Waals surface area contributed by atoms with Gasteiger partial charge in [0, 0.05) is 24.7 Å². The van der Waals surface area contributed by atoms with Crippen LogP contribution < -0.4 is 10.6 Å². The highest BCUT2D eigenvalue weighted by atomic mass is 16.5. The third-order valence-electron chi connectivity index (χ3n) is 4.28. The van der Waals surface area contributed by atoms with E-state index < -0.39 is 0 Å². The standard InChI is InChI=1S/C17H36N2O2/c1-7-13(6)19-15-11-16(20-9-3)14(18-8-2)10-17(15)21-12(4)5/h12-19H,7-11H2,1-6H3. The second kappa shape index (κ2) is 9.78. The SMILES string of the molecule is CCNC1CC(OC(C)C)C(NC(C)CC)CC1OCC. The fourth-order valence-electron chi connectivity index (χ4n) is 3.17. The molecule has 0 saturated heterocycles. The molecule has 1 aliphatic rings. The molecule has 0 aromatic heterocycles. The highest BCUT2D eigenvalue weighted by Gasteiger charge is 2.38. The van der Waals surface area contributed by atoms with Crippen molar-refractivity contribution in [2.24, 2.45) is 0 Å². The van der Waals surface area contributed by atoms with Crippen LogP contribution in [-0.4, -0.2) is 49.6 Å². The van der Waals surface area contributed by atoms with Crippen molar-refractivity contribution in [1.29, 1.82) is 0 Å². The second-order valence-corrected chi connectivity index (χ2v) is 6.44. The van der Waals surface area contributed by atoms with Gasteiger partial charge in [-0.05, 0) is 53.5 Å². The summed E-state index contributed by atoms with van der Waals surface area (Å²) in [6, 6.07) is 1.30. The Labute approximate surface area is 131 Å². The molecule has 1 aliphatic carbocycles. The van der Waals surface area contributed by atoms with Gasteiger partial charge in [-0.1, -0.05) is 13.8 Å². The number of nitrogens with one attached hydrogen (secondary N) is 2. The summed E-state index contributed by atoms with van der Waals surface area (Å²) in [6.45, 7) is 14.7. The molecule has 5 atom stereocenters. The maximum atomic E-state index is 6.19. The molecular formula is C17H36N2O2. The third kappa shape index (κ3) is 6.23. The Morgan fingerprint density at radius 1 is 1.00 bits per heavy atom. The van der Waals surface area contributed by atoms with Crippen LogP contribution >= 0.6 is 0 Å². The third-order valence-corrected chi connectivity index (χ3v) is 4.28. The van der Waals surface area contributed by atoms with Gasteiger partial charge in [-0.15, -0.1) is 0 Å². The molecule has 0 spiro atoms. The Bertz CT molecular complexity index is 274. The van der Waals surface area contributed by atoms with Crippen LogP contribution in [0, 0.1) is 0 Å². The quantitative estimate of drug-likeness (QED) is 0.687. The van der Waals surface area contributed by atoms with Gasteiger partial charge in [0.1, 0.15) is 0 Å². The van der Waals surface area contributed by atoms with Gasteiger partial charge in [-0.2, -0.15) is 0 Å². The zero-order chi connectivity index (χ0) is 15.8. The van der Waals surface area contributed by atoms with Crippen LogP contribution in [-0.2, 0) is 9.47 Å². The Morgan fingerprint density at radius 3 is 2.19 bits per heavy atom. The van der Waals surface area contributed by atoms with E-state index in [2.05, 4.69) is 52.2 Å². The number of likely N-dealkylation sites (N-methyl/N-ethyl adjacent to an activating group) is 1. The first-order valence-electron chi connectivity index (χ1n) is 8.78. The average Bonchev–Trinajstić information content (AvgIpc) is 2.43. The lowest BCUT2D eigenvalue weighted by Gasteiger charge is -2.43. The fourth-order valence-corrected chi connectivity index (χ4v) is 3.17. The van der Waals surface area contributed by atoms with Gasteiger partial charge in [-0.25, -0.2) is 0 Å². The normalized spacial score (nSPS) is 31.6. The van der Waals surface area contributed by atoms with Crippen molar-refractivity contribution in [3.8, 4) is 0 Å². The molecule has 5 unspecified atom stereocenters. The van der Waals surface area contributed by atoms with Crippen LogP contribution in [0.1, 0.15) is 60.8 Å². The van der Waals surface area contributed by atoms with Gasteiger partial charge >= 0.3 is 0 Å². The number of hydrogen-bond donors (Lipinski definition) is 2. The van der Waals surface area contributed by atoms with Crippen LogP contribution in [0.3, 0.4) is 0 Å². The molecule has 0 heterocycles. The van der Waals surface area contributed by atoms with Gasteiger partial charge in [0.25, 0.3) is 0 Å². The lowest BCUT2D eigenvalue weighted by Crippen LogP contribution is -2.58. The molecule has 126 valence electrons. The summed E-state index contributed by atoms with van der Waals surface area (Å²) in [4.78, 5) is 0. The van der Waals surface area contributed by atoms with E-state index >= 15 is 0 Å².